The molecule has 1 aromatic rings. The molecule has 2 saturated heterocycles. The van der Waals surface area contributed by atoms with Gasteiger partial charge in [-0.15, -0.1) is 0 Å². The van der Waals surface area contributed by atoms with Crippen molar-refractivity contribution in [1.82, 2.24) is 18.5 Å². The second-order valence-corrected chi connectivity index (χ2v) is 5.69. The minimum absolute atomic E-state index is 0.0505. The van der Waals surface area contributed by atoms with Crippen LogP contribution in [0.1, 0.15) is 35.4 Å². The molecule has 1 aromatic heterocycles. The summed E-state index contributed by atoms with van der Waals surface area (Å²) in [6, 6.07) is 0.571. The van der Waals surface area contributed by atoms with E-state index in [9.17, 15) is 4.79 Å². The summed E-state index contributed by atoms with van der Waals surface area (Å²) in [4.78, 5) is 16.6. The first kappa shape index (κ1) is 12.0. The zero-order chi connectivity index (χ0) is 12.5. The summed E-state index contributed by atoms with van der Waals surface area (Å²) in [7, 11) is 0. The molecule has 0 radical (unpaired) electrons. The van der Waals surface area contributed by atoms with Crippen LogP contribution in [0.4, 0.5) is 0 Å². The third kappa shape index (κ3) is 2.14. The summed E-state index contributed by atoms with van der Waals surface area (Å²) in [5.74, 6) is 0.0505. The first-order chi connectivity index (χ1) is 8.75. The summed E-state index contributed by atoms with van der Waals surface area (Å²) < 4.78 is 8.14. The molecule has 1 amide bonds. The van der Waals surface area contributed by atoms with Gasteiger partial charge in [0.05, 0.1) is 17.4 Å². The van der Waals surface area contributed by atoms with Crippen molar-refractivity contribution in [3.05, 3.63) is 11.4 Å². The van der Waals surface area contributed by atoms with E-state index in [0.717, 1.165) is 30.5 Å². The van der Waals surface area contributed by atoms with Crippen molar-refractivity contribution < 1.29 is 4.79 Å². The number of hydrogen-bond acceptors (Lipinski definition) is 5. The van der Waals surface area contributed by atoms with E-state index in [2.05, 4.69) is 13.6 Å². The van der Waals surface area contributed by atoms with E-state index >= 15 is 0 Å². The molecular formula is C12H18N4OS. The Morgan fingerprint density at radius 2 is 1.94 bits per heavy atom. The van der Waals surface area contributed by atoms with Crippen molar-refractivity contribution in [2.75, 3.05) is 26.2 Å². The molecule has 2 fully saturated rings. The van der Waals surface area contributed by atoms with E-state index < -0.39 is 0 Å². The maximum absolute atomic E-state index is 12.1. The molecule has 0 aromatic carbocycles. The lowest BCUT2D eigenvalue weighted by Crippen LogP contribution is -2.61. The Bertz CT molecular complexity index is 435. The zero-order valence-corrected chi connectivity index (χ0v) is 11.4. The summed E-state index contributed by atoms with van der Waals surface area (Å²) in [5, 5.41) is 0. The van der Waals surface area contributed by atoms with Gasteiger partial charge in [0.2, 0.25) is 0 Å². The normalized spacial score (nSPS) is 21.9. The van der Waals surface area contributed by atoms with Crippen LogP contribution < -0.4 is 0 Å². The Labute approximate surface area is 111 Å². The molecule has 0 saturated carbocycles. The summed E-state index contributed by atoms with van der Waals surface area (Å²) in [5.41, 5.74) is 1.29. The molecule has 0 unspecified atom stereocenters. The fourth-order valence-electron chi connectivity index (χ4n) is 2.71. The number of amides is 1. The smallest absolute Gasteiger partial charge is 0.275 e. The highest BCUT2D eigenvalue weighted by molar-refractivity contribution is 6.99. The quantitative estimate of drug-likeness (QED) is 0.806. The highest BCUT2D eigenvalue weighted by Gasteiger charge is 2.36. The van der Waals surface area contributed by atoms with E-state index in [4.69, 9.17) is 0 Å². The van der Waals surface area contributed by atoms with Gasteiger partial charge in [-0.25, -0.2) is 0 Å². The molecule has 0 aliphatic carbocycles. The first-order valence-corrected chi connectivity index (χ1v) is 7.31. The largest absolute Gasteiger partial charge is 0.334 e. The van der Waals surface area contributed by atoms with Crippen LogP contribution in [0, 0.1) is 6.92 Å². The number of rotatable bonds is 2. The van der Waals surface area contributed by atoms with Crippen molar-refractivity contribution in [3.8, 4) is 0 Å². The van der Waals surface area contributed by atoms with E-state index in [-0.39, 0.29) is 5.91 Å². The Balaban J connectivity index is 1.55. The standard InChI is InChI=1S/C12H18N4OS/c1-9-11(14-18-13-9)12(17)16-7-10(8-16)15-5-3-2-4-6-15/h10H,2-8H2,1H3. The predicted octanol–water partition coefficient (Wildman–Crippen LogP) is 1.16. The van der Waals surface area contributed by atoms with Crippen LogP contribution in [0.3, 0.4) is 0 Å². The maximum atomic E-state index is 12.1. The van der Waals surface area contributed by atoms with E-state index in [1.54, 1.807) is 0 Å². The molecule has 0 N–H and O–H groups in total. The summed E-state index contributed by atoms with van der Waals surface area (Å²) in [6.45, 7) is 5.96. The van der Waals surface area contributed by atoms with Crippen molar-refractivity contribution in [2.45, 2.75) is 32.2 Å². The summed E-state index contributed by atoms with van der Waals surface area (Å²) in [6.07, 6.45) is 3.97. The lowest BCUT2D eigenvalue weighted by atomic mass is 10.0. The van der Waals surface area contributed by atoms with Crippen LogP contribution in [0.2, 0.25) is 0 Å². The number of hydrogen-bond donors (Lipinski definition) is 0. The second-order valence-electron chi connectivity index (χ2n) is 5.16. The highest BCUT2D eigenvalue weighted by Crippen LogP contribution is 2.21. The number of nitrogens with zero attached hydrogens (tertiary/aromatic N) is 4. The van der Waals surface area contributed by atoms with E-state index in [1.807, 2.05) is 11.8 Å². The van der Waals surface area contributed by atoms with Gasteiger partial charge in [0.1, 0.15) is 0 Å². The van der Waals surface area contributed by atoms with Crippen molar-refractivity contribution in [3.63, 3.8) is 0 Å². The third-order valence-electron chi connectivity index (χ3n) is 3.91. The van der Waals surface area contributed by atoms with Gasteiger partial charge in [0.25, 0.3) is 5.91 Å². The summed E-state index contributed by atoms with van der Waals surface area (Å²) >= 11 is 1.12. The Morgan fingerprint density at radius 3 is 2.56 bits per heavy atom. The predicted molar refractivity (Wildman–Crippen MR) is 69.8 cm³/mol. The third-order valence-corrected chi connectivity index (χ3v) is 4.53. The average molecular weight is 266 g/mol. The average Bonchev–Trinajstić information content (AvgIpc) is 2.75. The number of aromatic nitrogens is 2. The fourth-order valence-corrected chi connectivity index (χ4v) is 3.25. The Hall–Kier alpha value is -1.01. The van der Waals surface area contributed by atoms with Crippen molar-refractivity contribution in [1.29, 1.82) is 0 Å². The van der Waals surface area contributed by atoms with Gasteiger partial charge in [-0.2, -0.15) is 8.75 Å². The second kappa shape index (κ2) is 4.93. The molecule has 0 spiro atoms. The molecule has 0 atom stereocenters. The van der Waals surface area contributed by atoms with Crippen molar-refractivity contribution >= 4 is 17.6 Å². The molecule has 18 heavy (non-hydrogen) atoms. The van der Waals surface area contributed by atoms with Crippen molar-refractivity contribution in [2.24, 2.45) is 0 Å². The molecule has 3 rings (SSSR count). The maximum Gasteiger partial charge on any atom is 0.275 e. The number of carbonyl (C=O) groups is 1. The minimum atomic E-state index is 0.0505. The van der Waals surface area contributed by atoms with Gasteiger partial charge < -0.3 is 4.90 Å². The van der Waals surface area contributed by atoms with Crippen LogP contribution in [0.15, 0.2) is 0 Å². The van der Waals surface area contributed by atoms with E-state index in [0.29, 0.717) is 11.7 Å². The molecular weight excluding hydrogens is 248 g/mol. The number of likely N-dealkylation sites (tertiary alicyclic amines) is 2. The van der Waals surface area contributed by atoms with Crippen LogP contribution in [-0.2, 0) is 0 Å². The molecule has 6 heteroatoms. The zero-order valence-electron chi connectivity index (χ0n) is 10.6. The topological polar surface area (TPSA) is 49.3 Å². The lowest BCUT2D eigenvalue weighted by Gasteiger charge is -2.46. The molecule has 5 nitrogen and oxygen atoms in total. The molecule has 98 valence electrons. The SMILES string of the molecule is Cc1nsnc1C(=O)N1CC(N2CCCCC2)C1. The Morgan fingerprint density at radius 1 is 1.22 bits per heavy atom. The van der Waals surface area contributed by atoms with Crippen LogP contribution in [0.5, 0.6) is 0 Å². The number of aryl methyl sites for hydroxylation is 1. The fraction of sp³-hybridized carbons (Fsp3) is 0.750. The molecule has 0 bridgehead atoms. The van der Waals surface area contributed by atoms with Gasteiger partial charge in [0.15, 0.2) is 5.69 Å². The Kier molecular flexibility index (Phi) is 3.30. The monoisotopic (exact) mass is 266 g/mol. The van der Waals surface area contributed by atoms with Crippen LogP contribution >= 0.6 is 11.7 Å². The molecule has 3 heterocycles. The van der Waals surface area contributed by atoms with Gasteiger partial charge in [-0.05, 0) is 32.9 Å². The highest BCUT2D eigenvalue weighted by atomic mass is 32.1. The van der Waals surface area contributed by atoms with Gasteiger partial charge in [-0.3, -0.25) is 9.69 Å². The van der Waals surface area contributed by atoms with Crippen LogP contribution in [-0.4, -0.2) is 56.7 Å². The van der Waals surface area contributed by atoms with Gasteiger partial charge >= 0.3 is 0 Å². The van der Waals surface area contributed by atoms with E-state index in [1.165, 1.54) is 32.4 Å². The number of carbonyl (C=O) groups excluding carboxylic acids is 1. The first-order valence-electron chi connectivity index (χ1n) is 6.58. The number of piperidine rings is 1. The molecule has 2 aliphatic heterocycles. The molecule has 2 aliphatic rings. The van der Waals surface area contributed by atoms with Crippen LogP contribution in [0.25, 0.3) is 0 Å². The minimum Gasteiger partial charge on any atom is -0.334 e. The lowest BCUT2D eigenvalue weighted by molar-refractivity contribution is 0.0199. The van der Waals surface area contributed by atoms with Gasteiger partial charge in [-0.1, -0.05) is 6.42 Å². The van der Waals surface area contributed by atoms with Gasteiger partial charge in [0, 0.05) is 19.1 Å².